The van der Waals surface area contributed by atoms with Crippen molar-refractivity contribution >= 4 is 22.1 Å². The number of rotatable bonds is 2. The summed E-state index contributed by atoms with van der Waals surface area (Å²) in [6, 6.07) is 14.1. The highest BCUT2D eigenvalue weighted by Crippen LogP contribution is 2.33. The average Bonchev–Trinajstić information content (AvgIpc) is 3.10. The van der Waals surface area contributed by atoms with E-state index in [4.69, 9.17) is 5.73 Å². The van der Waals surface area contributed by atoms with Gasteiger partial charge in [0.25, 0.3) is 0 Å². The Morgan fingerprint density at radius 2 is 1.91 bits per heavy atom. The maximum atomic E-state index is 6.37. The minimum atomic E-state index is 0.653. The molecule has 0 atom stereocenters. The molecule has 0 aliphatic carbocycles. The van der Waals surface area contributed by atoms with Gasteiger partial charge in [0, 0.05) is 17.1 Å². The van der Waals surface area contributed by atoms with Crippen LogP contribution in [-0.4, -0.2) is 14.4 Å². The van der Waals surface area contributed by atoms with Crippen LogP contribution in [0, 0.1) is 6.92 Å². The molecule has 0 unspecified atom stereocenters. The second-order valence-electron chi connectivity index (χ2n) is 5.17. The number of anilines is 1. The van der Waals surface area contributed by atoms with Crippen LogP contribution in [0.25, 0.3) is 27.6 Å². The summed E-state index contributed by atoms with van der Waals surface area (Å²) >= 11 is 1.57. The number of pyridine rings is 1. The summed E-state index contributed by atoms with van der Waals surface area (Å²) < 4.78 is 1.97. The van der Waals surface area contributed by atoms with Crippen LogP contribution in [-0.2, 0) is 0 Å². The molecule has 0 aliphatic heterocycles. The predicted octanol–water partition coefficient (Wildman–Crippen LogP) is 4.02. The number of benzene rings is 1. The van der Waals surface area contributed by atoms with Crippen LogP contribution in [0.15, 0.2) is 54.0 Å². The first-order valence-corrected chi connectivity index (χ1v) is 7.86. The maximum absolute atomic E-state index is 6.37. The Kier molecular flexibility index (Phi) is 2.94. The lowest BCUT2D eigenvalue weighted by Crippen LogP contribution is -1.96. The van der Waals surface area contributed by atoms with E-state index in [0.29, 0.717) is 5.82 Å². The van der Waals surface area contributed by atoms with Gasteiger partial charge in [-0.3, -0.25) is 9.38 Å². The molecule has 0 aliphatic rings. The average molecular weight is 306 g/mol. The number of nitrogens with zero attached hydrogens (tertiary/aromatic N) is 3. The number of thiazole rings is 1. The molecular formula is C17H14N4S. The van der Waals surface area contributed by atoms with Crippen LogP contribution in [0.1, 0.15) is 5.56 Å². The van der Waals surface area contributed by atoms with Gasteiger partial charge in [0.1, 0.15) is 11.5 Å². The lowest BCUT2D eigenvalue weighted by molar-refractivity contribution is 1.20. The molecule has 0 radical (unpaired) electrons. The molecule has 3 heterocycles. The van der Waals surface area contributed by atoms with Crippen molar-refractivity contribution in [1.29, 1.82) is 0 Å². The number of hydrogen-bond donors (Lipinski definition) is 1. The van der Waals surface area contributed by atoms with E-state index in [1.807, 2.05) is 28.0 Å². The Bertz CT molecular complexity index is 936. The number of nitrogen functional groups attached to an aromatic ring is 1. The van der Waals surface area contributed by atoms with Gasteiger partial charge in [0.2, 0.25) is 0 Å². The lowest BCUT2D eigenvalue weighted by atomic mass is 10.1. The Morgan fingerprint density at radius 3 is 2.64 bits per heavy atom. The number of aromatic nitrogens is 3. The molecule has 108 valence electrons. The van der Waals surface area contributed by atoms with Crippen molar-refractivity contribution < 1.29 is 0 Å². The number of imidazole rings is 1. The van der Waals surface area contributed by atoms with Crippen molar-refractivity contribution in [2.45, 2.75) is 6.92 Å². The van der Waals surface area contributed by atoms with Crippen molar-refractivity contribution in [3.05, 3.63) is 59.6 Å². The molecule has 4 nitrogen and oxygen atoms in total. The molecule has 0 amide bonds. The first-order valence-electron chi connectivity index (χ1n) is 6.98. The highest BCUT2D eigenvalue weighted by molar-refractivity contribution is 7.15. The third kappa shape index (κ3) is 1.98. The second-order valence-corrected chi connectivity index (χ2v) is 6.00. The van der Waals surface area contributed by atoms with Gasteiger partial charge in [-0.1, -0.05) is 35.9 Å². The monoisotopic (exact) mass is 306 g/mol. The van der Waals surface area contributed by atoms with Crippen LogP contribution in [0.5, 0.6) is 0 Å². The summed E-state index contributed by atoms with van der Waals surface area (Å²) in [7, 11) is 0. The van der Waals surface area contributed by atoms with Crippen LogP contribution in [0.4, 0.5) is 5.82 Å². The van der Waals surface area contributed by atoms with Gasteiger partial charge in [0.05, 0.1) is 11.4 Å². The van der Waals surface area contributed by atoms with Gasteiger partial charge < -0.3 is 5.73 Å². The first-order chi connectivity index (χ1) is 10.7. The van der Waals surface area contributed by atoms with E-state index in [-0.39, 0.29) is 0 Å². The molecule has 0 saturated carbocycles. The second kappa shape index (κ2) is 4.96. The molecule has 0 bridgehead atoms. The number of fused-ring (bicyclic) bond motifs is 1. The van der Waals surface area contributed by atoms with Crippen molar-refractivity contribution in [1.82, 2.24) is 14.4 Å². The number of aryl methyl sites for hydroxylation is 1. The number of nitrogens with two attached hydrogens (primary N) is 1. The van der Waals surface area contributed by atoms with Gasteiger partial charge in [-0.15, -0.1) is 11.3 Å². The molecular weight excluding hydrogens is 292 g/mol. The zero-order valence-electron chi connectivity index (χ0n) is 12.0. The van der Waals surface area contributed by atoms with Crippen LogP contribution >= 0.6 is 11.3 Å². The van der Waals surface area contributed by atoms with E-state index < -0.39 is 0 Å². The molecule has 22 heavy (non-hydrogen) atoms. The van der Waals surface area contributed by atoms with Crippen molar-refractivity contribution in [2.24, 2.45) is 0 Å². The van der Waals surface area contributed by atoms with E-state index in [1.54, 1.807) is 17.5 Å². The molecule has 2 N–H and O–H groups in total. The van der Waals surface area contributed by atoms with E-state index in [1.165, 1.54) is 5.56 Å². The summed E-state index contributed by atoms with van der Waals surface area (Å²) in [6.07, 6.45) is 1.78. The zero-order chi connectivity index (χ0) is 15.1. The van der Waals surface area contributed by atoms with Crippen molar-refractivity contribution in [2.75, 3.05) is 5.73 Å². The molecule has 4 rings (SSSR count). The van der Waals surface area contributed by atoms with Gasteiger partial charge in [-0.25, -0.2) is 4.98 Å². The first kappa shape index (κ1) is 13.0. The summed E-state index contributed by atoms with van der Waals surface area (Å²) in [5.41, 5.74) is 11.3. The molecule has 3 aromatic heterocycles. The normalized spacial score (nSPS) is 11.1. The zero-order valence-corrected chi connectivity index (χ0v) is 12.8. The Hall–Kier alpha value is -2.66. The fourth-order valence-electron chi connectivity index (χ4n) is 2.50. The van der Waals surface area contributed by atoms with Crippen LogP contribution < -0.4 is 5.73 Å². The van der Waals surface area contributed by atoms with E-state index in [9.17, 15) is 0 Å². The maximum Gasteiger partial charge on any atom is 0.196 e. The Morgan fingerprint density at radius 1 is 1.09 bits per heavy atom. The molecule has 1 aromatic carbocycles. The lowest BCUT2D eigenvalue weighted by Gasteiger charge is -2.02. The van der Waals surface area contributed by atoms with Crippen LogP contribution in [0.3, 0.4) is 0 Å². The predicted molar refractivity (Wildman–Crippen MR) is 90.9 cm³/mol. The van der Waals surface area contributed by atoms with Gasteiger partial charge in [-0.2, -0.15) is 0 Å². The van der Waals surface area contributed by atoms with Crippen LogP contribution in [0.2, 0.25) is 0 Å². The van der Waals surface area contributed by atoms with E-state index in [2.05, 4.69) is 41.2 Å². The minimum Gasteiger partial charge on any atom is -0.383 e. The Labute approximate surface area is 131 Å². The minimum absolute atomic E-state index is 0.653. The summed E-state index contributed by atoms with van der Waals surface area (Å²) in [6.45, 7) is 2.07. The topological polar surface area (TPSA) is 56.2 Å². The molecule has 5 heteroatoms. The molecule has 0 spiro atoms. The number of hydrogen-bond acceptors (Lipinski definition) is 4. The summed E-state index contributed by atoms with van der Waals surface area (Å²) in [5.74, 6) is 0.653. The SMILES string of the molecule is Cc1ccc(-c2nc3scc(-c4ccccn4)n3c2N)cc1. The highest BCUT2D eigenvalue weighted by Gasteiger charge is 2.16. The largest absolute Gasteiger partial charge is 0.383 e. The summed E-state index contributed by atoms with van der Waals surface area (Å²) in [4.78, 5) is 9.98. The standard InChI is InChI=1S/C17H14N4S/c1-11-5-7-12(8-6-11)15-16(18)21-14(10-22-17(21)20-15)13-4-2-3-9-19-13/h2-10H,18H2,1H3. The van der Waals surface area contributed by atoms with Crippen molar-refractivity contribution in [3.63, 3.8) is 0 Å². The molecule has 0 saturated heterocycles. The fourth-order valence-corrected chi connectivity index (χ4v) is 3.39. The Balaban J connectivity index is 1.92. The quantitative estimate of drug-likeness (QED) is 0.608. The molecule has 4 aromatic rings. The van der Waals surface area contributed by atoms with Gasteiger partial charge >= 0.3 is 0 Å². The highest BCUT2D eigenvalue weighted by atomic mass is 32.1. The van der Waals surface area contributed by atoms with E-state index >= 15 is 0 Å². The summed E-state index contributed by atoms with van der Waals surface area (Å²) in [5, 5.41) is 2.04. The fraction of sp³-hybridized carbons (Fsp3) is 0.0588. The smallest absolute Gasteiger partial charge is 0.196 e. The van der Waals surface area contributed by atoms with Gasteiger partial charge in [0.15, 0.2) is 4.96 Å². The third-order valence-corrected chi connectivity index (χ3v) is 4.48. The van der Waals surface area contributed by atoms with Gasteiger partial charge in [-0.05, 0) is 19.1 Å². The van der Waals surface area contributed by atoms with E-state index in [0.717, 1.165) is 27.6 Å². The van der Waals surface area contributed by atoms with Crippen molar-refractivity contribution in [3.8, 4) is 22.6 Å². The third-order valence-electron chi connectivity index (χ3n) is 3.65. The molecule has 0 fully saturated rings.